The number of hydrogen-bond acceptors (Lipinski definition) is 3. The predicted octanol–water partition coefficient (Wildman–Crippen LogP) is 2.78. The summed E-state index contributed by atoms with van der Waals surface area (Å²) in [5, 5.41) is 12.4. The summed E-state index contributed by atoms with van der Waals surface area (Å²) in [6, 6.07) is 18.2. The molecule has 3 rings (SSSR count). The van der Waals surface area contributed by atoms with E-state index in [4.69, 9.17) is 10.00 Å². The third kappa shape index (κ3) is 2.44. The number of hydrogen-bond donors (Lipinski definition) is 1. The summed E-state index contributed by atoms with van der Waals surface area (Å²) in [5.41, 5.74) is 2.95. The van der Waals surface area contributed by atoms with Crippen LogP contribution in [0, 0.1) is 11.3 Å². The first-order valence-corrected chi connectivity index (χ1v) is 6.31. The number of nitriles is 1. The predicted molar refractivity (Wildman–Crippen MR) is 72.7 cm³/mol. The highest BCUT2D eigenvalue weighted by Gasteiger charge is 2.18. The molecule has 0 bridgehead atoms. The average Bonchev–Trinajstić information content (AvgIpc) is 2.70. The molecule has 1 aliphatic heterocycles. The molecule has 94 valence electrons. The van der Waals surface area contributed by atoms with E-state index in [2.05, 4.69) is 23.5 Å². The smallest absolute Gasteiger partial charge is 0.125 e. The molecule has 1 heterocycles. The third-order valence-electron chi connectivity index (χ3n) is 3.34. The van der Waals surface area contributed by atoms with Gasteiger partial charge in [-0.05, 0) is 17.7 Å². The Morgan fingerprint density at radius 1 is 1.16 bits per heavy atom. The van der Waals surface area contributed by atoms with Crippen LogP contribution in [0.3, 0.4) is 0 Å². The van der Waals surface area contributed by atoms with Gasteiger partial charge in [0.15, 0.2) is 0 Å². The van der Waals surface area contributed by atoms with Crippen LogP contribution in [-0.4, -0.2) is 6.61 Å². The van der Waals surface area contributed by atoms with Crippen molar-refractivity contribution >= 4 is 0 Å². The second-order valence-electron chi connectivity index (χ2n) is 4.59. The maximum absolute atomic E-state index is 8.92. The maximum atomic E-state index is 8.92. The molecule has 0 aliphatic carbocycles. The van der Waals surface area contributed by atoms with Gasteiger partial charge in [-0.25, -0.2) is 0 Å². The maximum Gasteiger partial charge on any atom is 0.125 e. The van der Waals surface area contributed by atoms with Crippen molar-refractivity contribution in [3.63, 3.8) is 0 Å². The van der Waals surface area contributed by atoms with Crippen molar-refractivity contribution in [2.24, 2.45) is 0 Å². The van der Waals surface area contributed by atoms with Crippen LogP contribution in [0.25, 0.3) is 0 Å². The van der Waals surface area contributed by atoms with Crippen LogP contribution in [0.15, 0.2) is 48.5 Å². The normalized spacial score (nSPS) is 17.7. The van der Waals surface area contributed by atoms with Crippen molar-refractivity contribution in [2.45, 2.75) is 12.6 Å². The molecule has 2 aromatic carbocycles. The van der Waals surface area contributed by atoms with Gasteiger partial charge in [0.05, 0.1) is 17.7 Å². The molecule has 0 fully saturated rings. The molecule has 2 aromatic rings. The largest absolute Gasteiger partial charge is 0.491 e. The Morgan fingerprint density at radius 3 is 2.79 bits per heavy atom. The van der Waals surface area contributed by atoms with Gasteiger partial charge in [-0.1, -0.05) is 36.4 Å². The van der Waals surface area contributed by atoms with E-state index in [1.165, 1.54) is 5.56 Å². The van der Waals surface area contributed by atoms with Crippen molar-refractivity contribution in [3.8, 4) is 11.8 Å². The van der Waals surface area contributed by atoms with E-state index in [0.29, 0.717) is 12.2 Å². The lowest BCUT2D eigenvalue weighted by atomic mass is 10.1. The highest BCUT2D eigenvalue weighted by molar-refractivity contribution is 5.43. The molecule has 19 heavy (non-hydrogen) atoms. The standard InChI is InChI=1S/C16H14N2O/c17-9-12-6-7-14-10-18-15(11-19-16(14)8-12)13-4-2-1-3-5-13/h1-8,15,18H,10-11H2. The van der Waals surface area contributed by atoms with Gasteiger partial charge in [-0.3, -0.25) is 0 Å². The second-order valence-corrected chi connectivity index (χ2v) is 4.59. The van der Waals surface area contributed by atoms with E-state index in [0.717, 1.165) is 17.9 Å². The van der Waals surface area contributed by atoms with Gasteiger partial charge in [-0.15, -0.1) is 0 Å². The summed E-state index contributed by atoms with van der Waals surface area (Å²) in [6.45, 7) is 1.33. The first-order valence-electron chi connectivity index (χ1n) is 6.31. The summed E-state index contributed by atoms with van der Waals surface area (Å²) in [4.78, 5) is 0. The molecule has 3 nitrogen and oxygen atoms in total. The molecular formula is C16H14N2O. The van der Waals surface area contributed by atoms with Crippen LogP contribution in [0.2, 0.25) is 0 Å². The van der Waals surface area contributed by atoms with E-state index in [1.807, 2.05) is 36.4 Å². The first kappa shape index (κ1) is 11.8. The Labute approximate surface area is 112 Å². The van der Waals surface area contributed by atoms with Crippen LogP contribution < -0.4 is 10.1 Å². The monoisotopic (exact) mass is 250 g/mol. The van der Waals surface area contributed by atoms with E-state index in [9.17, 15) is 0 Å². The van der Waals surface area contributed by atoms with Crippen LogP contribution in [0.1, 0.15) is 22.7 Å². The van der Waals surface area contributed by atoms with Gasteiger partial charge in [0.2, 0.25) is 0 Å². The number of nitrogens with one attached hydrogen (secondary N) is 1. The Kier molecular flexibility index (Phi) is 3.18. The highest BCUT2D eigenvalue weighted by atomic mass is 16.5. The quantitative estimate of drug-likeness (QED) is 0.846. The molecule has 1 atom stereocenters. The van der Waals surface area contributed by atoms with Crippen molar-refractivity contribution in [1.29, 1.82) is 5.26 Å². The van der Waals surface area contributed by atoms with E-state index in [1.54, 1.807) is 0 Å². The second kappa shape index (κ2) is 5.13. The molecule has 0 aromatic heterocycles. The Bertz CT molecular complexity index is 616. The van der Waals surface area contributed by atoms with E-state index >= 15 is 0 Å². The minimum absolute atomic E-state index is 0.180. The summed E-state index contributed by atoms with van der Waals surface area (Å²) < 4.78 is 5.84. The van der Waals surface area contributed by atoms with Gasteiger partial charge < -0.3 is 10.1 Å². The van der Waals surface area contributed by atoms with Crippen molar-refractivity contribution < 1.29 is 4.74 Å². The lowest BCUT2D eigenvalue weighted by Crippen LogP contribution is -2.23. The van der Waals surface area contributed by atoms with Crippen LogP contribution in [-0.2, 0) is 6.54 Å². The fourth-order valence-corrected chi connectivity index (χ4v) is 2.27. The summed E-state index contributed by atoms with van der Waals surface area (Å²) in [7, 11) is 0. The molecule has 0 radical (unpaired) electrons. The van der Waals surface area contributed by atoms with Crippen molar-refractivity contribution in [3.05, 3.63) is 65.2 Å². The number of nitrogens with zero attached hydrogens (tertiary/aromatic N) is 1. The molecular weight excluding hydrogens is 236 g/mol. The Balaban J connectivity index is 1.84. The zero-order valence-electron chi connectivity index (χ0n) is 10.5. The lowest BCUT2D eigenvalue weighted by molar-refractivity contribution is 0.280. The number of ether oxygens (including phenoxy) is 1. The van der Waals surface area contributed by atoms with Gasteiger partial charge in [0, 0.05) is 12.1 Å². The van der Waals surface area contributed by atoms with Crippen molar-refractivity contribution in [2.75, 3.05) is 6.61 Å². The summed E-state index contributed by atoms with van der Waals surface area (Å²) in [5.74, 6) is 0.810. The van der Waals surface area contributed by atoms with Gasteiger partial charge >= 0.3 is 0 Å². The fraction of sp³-hybridized carbons (Fsp3) is 0.188. The zero-order chi connectivity index (χ0) is 13.1. The zero-order valence-corrected chi connectivity index (χ0v) is 10.5. The van der Waals surface area contributed by atoms with Gasteiger partial charge in [0.25, 0.3) is 0 Å². The molecule has 1 aliphatic rings. The average molecular weight is 250 g/mol. The Hall–Kier alpha value is -2.31. The molecule has 0 spiro atoms. The summed E-state index contributed by atoms with van der Waals surface area (Å²) in [6.07, 6.45) is 0. The van der Waals surface area contributed by atoms with E-state index < -0.39 is 0 Å². The molecule has 0 amide bonds. The molecule has 3 heteroatoms. The van der Waals surface area contributed by atoms with E-state index in [-0.39, 0.29) is 6.04 Å². The number of fused-ring (bicyclic) bond motifs is 1. The Morgan fingerprint density at radius 2 is 2.00 bits per heavy atom. The molecule has 1 N–H and O–H groups in total. The lowest BCUT2D eigenvalue weighted by Gasteiger charge is -2.15. The number of benzene rings is 2. The van der Waals surface area contributed by atoms with Crippen LogP contribution in [0.5, 0.6) is 5.75 Å². The minimum atomic E-state index is 0.180. The number of rotatable bonds is 1. The molecule has 0 saturated heterocycles. The summed E-state index contributed by atoms with van der Waals surface area (Å²) >= 11 is 0. The first-order chi connectivity index (χ1) is 9.36. The molecule has 1 unspecified atom stereocenters. The minimum Gasteiger partial charge on any atom is -0.491 e. The SMILES string of the molecule is N#Cc1ccc2c(c1)OCC(c1ccccc1)NC2. The van der Waals surface area contributed by atoms with Crippen LogP contribution in [0.4, 0.5) is 0 Å². The van der Waals surface area contributed by atoms with Gasteiger partial charge in [-0.2, -0.15) is 5.26 Å². The fourth-order valence-electron chi connectivity index (χ4n) is 2.27. The van der Waals surface area contributed by atoms with Crippen molar-refractivity contribution in [1.82, 2.24) is 5.32 Å². The highest BCUT2D eigenvalue weighted by Crippen LogP contribution is 2.26. The van der Waals surface area contributed by atoms with Gasteiger partial charge in [0.1, 0.15) is 12.4 Å². The van der Waals surface area contributed by atoms with Crippen LogP contribution >= 0.6 is 0 Å². The molecule has 0 saturated carbocycles. The topological polar surface area (TPSA) is 45.0 Å². The third-order valence-corrected chi connectivity index (χ3v) is 3.34.